The molecule has 3 aromatic heterocycles. The number of aromatic nitrogens is 4. The summed E-state index contributed by atoms with van der Waals surface area (Å²) in [5.74, 6) is 2.26. The summed E-state index contributed by atoms with van der Waals surface area (Å²) < 4.78 is 5.33. The second-order valence-corrected chi connectivity index (χ2v) is 5.25. The Kier molecular flexibility index (Phi) is 4.51. The summed E-state index contributed by atoms with van der Waals surface area (Å²) in [4.78, 5) is 19.4. The zero-order valence-corrected chi connectivity index (χ0v) is 13.8. The van der Waals surface area contributed by atoms with E-state index in [0.717, 1.165) is 5.69 Å². The van der Waals surface area contributed by atoms with Gasteiger partial charge in [0.05, 0.1) is 25.2 Å². The van der Waals surface area contributed by atoms with E-state index in [1.165, 1.54) is 0 Å². The summed E-state index contributed by atoms with van der Waals surface area (Å²) in [5.41, 5.74) is 1.71. The van der Waals surface area contributed by atoms with Gasteiger partial charge in [-0.25, -0.2) is 15.0 Å². The lowest BCUT2D eigenvalue weighted by molar-refractivity contribution is 0.413. The summed E-state index contributed by atoms with van der Waals surface area (Å²) in [5, 5.41) is 3.17. The fraction of sp³-hybridized carbons (Fsp3) is 0.176. The molecule has 0 saturated carbocycles. The molecule has 0 spiro atoms. The number of pyridine rings is 2. The molecule has 7 heteroatoms. The number of hydrogen-bond acceptors (Lipinski definition) is 7. The van der Waals surface area contributed by atoms with Crippen LogP contribution in [0, 0.1) is 0 Å². The topological polar surface area (TPSA) is 76.1 Å². The zero-order chi connectivity index (χ0) is 16.9. The Morgan fingerprint density at radius 2 is 1.88 bits per heavy atom. The highest BCUT2D eigenvalue weighted by Gasteiger charge is 2.11. The molecule has 0 aliphatic carbocycles. The smallest absolute Gasteiger partial charge is 0.180 e. The highest BCUT2D eigenvalue weighted by Crippen LogP contribution is 2.26. The predicted molar refractivity (Wildman–Crippen MR) is 93.7 cm³/mol. The fourth-order valence-electron chi connectivity index (χ4n) is 2.07. The van der Waals surface area contributed by atoms with Crippen molar-refractivity contribution in [3.63, 3.8) is 0 Å². The van der Waals surface area contributed by atoms with Crippen molar-refractivity contribution in [2.45, 2.75) is 0 Å². The maximum Gasteiger partial charge on any atom is 0.180 e. The summed E-state index contributed by atoms with van der Waals surface area (Å²) in [6.07, 6.45) is 5.11. The third-order valence-corrected chi connectivity index (χ3v) is 3.38. The van der Waals surface area contributed by atoms with E-state index < -0.39 is 0 Å². The fourth-order valence-corrected chi connectivity index (χ4v) is 2.07. The van der Waals surface area contributed by atoms with Gasteiger partial charge in [-0.3, -0.25) is 4.98 Å². The number of rotatable bonds is 5. The summed E-state index contributed by atoms with van der Waals surface area (Å²) in [6.45, 7) is 0. The van der Waals surface area contributed by atoms with E-state index in [9.17, 15) is 0 Å². The van der Waals surface area contributed by atoms with E-state index in [-0.39, 0.29) is 0 Å². The molecule has 0 fully saturated rings. The molecule has 0 bridgehead atoms. The van der Waals surface area contributed by atoms with Crippen LogP contribution in [-0.4, -0.2) is 41.1 Å². The minimum absolute atomic E-state index is 0.517. The minimum Gasteiger partial charge on any atom is -0.491 e. The Bertz CT molecular complexity index is 805. The number of methoxy groups -OCH3 is 1. The van der Waals surface area contributed by atoms with Gasteiger partial charge in [0.1, 0.15) is 11.5 Å². The van der Waals surface area contributed by atoms with Gasteiger partial charge in [0.15, 0.2) is 17.4 Å². The summed E-state index contributed by atoms with van der Waals surface area (Å²) in [7, 11) is 5.51. The molecule has 0 aliphatic rings. The normalized spacial score (nSPS) is 10.3. The quantitative estimate of drug-likeness (QED) is 0.774. The number of nitrogens with one attached hydrogen (secondary N) is 1. The number of anilines is 3. The number of ether oxygens (including phenoxy) is 1. The van der Waals surface area contributed by atoms with E-state index in [1.807, 2.05) is 49.3 Å². The standard InChI is InChI=1S/C17H18N6O/c1-23(2)12-7-8-15(19-10-12)21-17-14(24-3)11-20-16(22-17)13-6-4-5-9-18-13/h4-11H,1-3H3,(H,19,20,21,22). The second-order valence-electron chi connectivity index (χ2n) is 5.25. The van der Waals surface area contributed by atoms with Crippen LogP contribution in [-0.2, 0) is 0 Å². The first-order valence-corrected chi connectivity index (χ1v) is 7.40. The van der Waals surface area contributed by atoms with Crippen LogP contribution < -0.4 is 15.0 Å². The van der Waals surface area contributed by atoms with Gasteiger partial charge in [0.25, 0.3) is 0 Å². The molecule has 122 valence electrons. The zero-order valence-electron chi connectivity index (χ0n) is 13.8. The number of hydrogen-bond donors (Lipinski definition) is 1. The maximum atomic E-state index is 5.33. The van der Waals surface area contributed by atoms with Crippen LogP contribution in [0.25, 0.3) is 11.5 Å². The average molecular weight is 322 g/mol. The molecule has 24 heavy (non-hydrogen) atoms. The van der Waals surface area contributed by atoms with Crippen molar-refractivity contribution in [2.75, 3.05) is 31.4 Å². The van der Waals surface area contributed by atoms with Crippen molar-refractivity contribution in [3.8, 4) is 17.3 Å². The van der Waals surface area contributed by atoms with E-state index in [4.69, 9.17) is 4.74 Å². The highest BCUT2D eigenvalue weighted by molar-refractivity contribution is 5.63. The molecular formula is C17H18N6O. The maximum absolute atomic E-state index is 5.33. The van der Waals surface area contributed by atoms with Crippen LogP contribution in [0.4, 0.5) is 17.3 Å². The summed E-state index contributed by atoms with van der Waals surface area (Å²) >= 11 is 0. The molecule has 7 nitrogen and oxygen atoms in total. The van der Waals surface area contributed by atoms with Gasteiger partial charge in [-0.1, -0.05) is 6.07 Å². The molecule has 0 aromatic carbocycles. The minimum atomic E-state index is 0.517. The number of nitrogens with zero attached hydrogens (tertiary/aromatic N) is 5. The second kappa shape index (κ2) is 6.91. The average Bonchev–Trinajstić information content (AvgIpc) is 2.63. The lowest BCUT2D eigenvalue weighted by Crippen LogP contribution is -2.09. The van der Waals surface area contributed by atoms with Crippen LogP contribution in [0.15, 0.2) is 48.9 Å². The van der Waals surface area contributed by atoms with Crippen molar-refractivity contribution in [1.29, 1.82) is 0 Å². The van der Waals surface area contributed by atoms with Crippen molar-refractivity contribution in [3.05, 3.63) is 48.9 Å². The van der Waals surface area contributed by atoms with Gasteiger partial charge >= 0.3 is 0 Å². The van der Waals surface area contributed by atoms with E-state index in [2.05, 4.69) is 25.3 Å². The van der Waals surface area contributed by atoms with E-state index in [0.29, 0.717) is 28.9 Å². The highest BCUT2D eigenvalue weighted by atomic mass is 16.5. The molecule has 0 atom stereocenters. The first-order valence-electron chi connectivity index (χ1n) is 7.40. The van der Waals surface area contributed by atoms with Gasteiger partial charge in [0, 0.05) is 20.3 Å². The molecule has 3 rings (SSSR count). The lowest BCUT2D eigenvalue weighted by Gasteiger charge is -2.13. The molecule has 0 aliphatic heterocycles. The molecule has 3 aromatic rings. The van der Waals surface area contributed by atoms with Gasteiger partial charge < -0.3 is 15.0 Å². The third kappa shape index (κ3) is 3.40. The Hall–Kier alpha value is -3.22. The monoisotopic (exact) mass is 322 g/mol. The molecule has 3 heterocycles. The van der Waals surface area contributed by atoms with Gasteiger partial charge in [-0.05, 0) is 24.3 Å². The molecule has 1 N–H and O–H groups in total. The molecule has 0 unspecified atom stereocenters. The van der Waals surface area contributed by atoms with Gasteiger partial charge in [-0.2, -0.15) is 0 Å². The van der Waals surface area contributed by atoms with Crippen molar-refractivity contribution in [2.24, 2.45) is 0 Å². The Morgan fingerprint density at radius 3 is 2.50 bits per heavy atom. The van der Waals surface area contributed by atoms with Crippen molar-refractivity contribution in [1.82, 2.24) is 19.9 Å². The molecule has 0 radical (unpaired) electrons. The SMILES string of the molecule is COc1cnc(-c2ccccn2)nc1Nc1ccc(N(C)C)cn1. The van der Waals surface area contributed by atoms with Gasteiger partial charge in [-0.15, -0.1) is 0 Å². The van der Waals surface area contributed by atoms with Crippen LogP contribution in [0.1, 0.15) is 0 Å². The largest absolute Gasteiger partial charge is 0.491 e. The van der Waals surface area contributed by atoms with Crippen LogP contribution in [0.2, 0.25) is 0 Å². The Labute approximate surface area is 140 Å². The van der Waals surface area contributed by atoms with Crippen molar-refractivity contribution < 1.29 is 4.74 Å². The molecule has 0 amide bonds. The van der Waals surface area contributed by atoms with Crippen LogP contribution >= 0.6 is 0 Å². The van der Waals surface area contributed by atoms with Crippen molar-refractivity contribution >= 4 is 17.3 Å². The third-order valence-electron chi connectivity index (χ3n) is 3.38. The Morgan fingerprint density at radius 1 is 1.00 bits per heavy atom. The predicted octanol–water partition coefficient (Wildman–Crippen LogP) is 2.75. The van der Waals surface area contributed by atoms with E-state index in [1.54, 1.807) is 25.7 Å². The lowest BCUT2D eigenvalue weighted by atomic mass is 10.3. The first-order chi connectivity index (χ1) is 11.7. The first kappa shape index (κ1) is 15.7. The van der Waals surface area contributed by atoms with E-state index >= 15 is 0 Å². The Balaban J connectivity index is 1.91. The van der Waals surface area contributed by atoms with Crippen LogP contribution in [0.5, 0.6) is 5.75 Å². The van der Waals surface area contributed by atoms with Crippen LogP contribution in [0.3, 0.4) is 0 Å². The summed E-state index contributed by atoms with van der Waals surface area (Å²) in [6, 6.07) is 9.46. The molecule has 0 saturated heterocycles. The van der Waals surface area contributed by atoms with Gasteiger partial charge in [0.2, 0.25) is 0 Å². The molecular weight excluding hydrogens is 304 g/mol.